The van der Waals surface area contributed by atoms with Crippen LogP contribution in [0, 0.1) is 6.92 Å². The molecule has 0 aliphatic carbocycles. The second kappa shape index (κ2) is 5.58. The second-order valence-corrected chi connectivity index (χ2v) is 7.77. The van der Waals surface area contributed by atoms with E-state index >= 15 is 0 Å². The van der Waals surface area contributed by atoms with Crippen LogP contribution in [0.3, 0.4) is 0 Å². The summed E-state index contributed by atoms with van der Waals surface area (Å²) in [5.41, 5.74) is 6.09. The normalized spacial score (nSPS) is 11.7. The molecule has 0 aliphatic heterocycles. The van der Waals surface area contributed by atoms with Gasteiger partial charge in [0.05, 0.1) is 9.90 Å². The van der Waals surface area contributed by atoms with Crippen LogP contribution in [0.4, 0.5) is 5.69 Å². The lowest BCUT2D eigenvalue weighted by Gasteiger charge is -2.08. The van der Waals surface area contributed by atoms with E-state index in [4.69, 9.17) is 5.73 Å². The summed E-state index contributed by atoms with van der Waals surface area (Å²) in [6.45, 7) is 2.10. The summed E-state index contributed by atoms with van der Waals surface area (Å²) in [5.74, 6) is 0. The molecule has 2 rings (SSSR count). The van der Waals surface area contributed by atoms with Gasteiger partial charge in [0.15, 0.2) is 0 Å². The largest absolute Gasteiger partial charge is 0.399 e. The topological polar surface area (TPSA) is 85.1 Å². The van der Waals surface area contributed by atoms with Crippen LogP contribution in [-0.2, 0) is 16.6 Å². The number of nitrogens with two attached hydrogens (primary N) is 1. The Kier molecular flexibility index (Phi) is 4.24. The highest BCUT2D eigenvalue weighted by Crippen LogP contribution is 2.24. The number of nitrogens with one attached hydrogen (secondary N) is 1. The van der Waals surface area contributed by atoms with Crippen LogP contribution in [0.25, 0.3) is 0 Å². The van der Waals surface area contributed by atoms with Gasteiger partial charge in [0.1, 0.15) is 0 Å². The van der Waals surface area contributed by atoms with Crippen LogP contribution < -0.4 is 10.5 Å². The first-order chi connectivity index (χ1) is 8.88. The number of sulfonamides is 1. The fraction of sp³-hybridized carbons (Fsp3) is 0.182. The number of hydrogen-bond donors (Lipinski definition) is 2. The zero-order chi connectivity index (χ0) is 14.0. The first-order valence-electron chi connectivity index (χ1n) is 5.34. The summed E-state index contributed by atoms with van der Waals surface area (Å²) < 4.78 is 27.3. The predicted molar refractivity (Wildman–Crippen MR) is 79.4 cm³/mol. The van der Waals surface area contributed by atoms with Crippen LogP contribution in [0.1, 0.15) is 9.88 Å². The monoisotopic (exact) mass is 361 g/mol. The Morgan fingerprint density at radius 1 is 1.47 bits per heavy atom. The molecule has 2 aromatic rings. The van der Waals surface area contributed by atoms with Crippen molar-refractivity contribution in [2.24, 2.45) is 0 Å². The highest BCUT2D eigenvalue weighted by atomic mass is 79.9. The van der Waals surface area contributed by atoms with Gasteiger partial charge in [-0.1, -0.05) is 0 Å². The van der Waals surface area contributed by atoms with E-state index in [1.807, 2.05) is 6.92 Å². The Morgan fingerprint density at radius 3 is 2.79 bits per heavy atom. The van der Waals surface area contributed by atoms with Crippen LogP contribution in [0.5, 0.6) is 0 Å². The predicted octanol–water partition coefficient (Wildman–Crippen LogP) is 2.27. The van der Waals surface area contributed by atoms with Crippen molar-refractivity contribution in [1.82, 2.24) is 9.71 Å². The minimum atomic E-state index is -3.57. The zero-order valence-electron chi connectivity index (χ0n) is 10.1. The average Bonchev–Trinajstić information content (AvgIpc) is 2.72. The zero-order valence-corrected chi connectivity index (χ0v) is 13.3. The molecule has 0 bridgehead atoms. The van der Waals surface area contributed by atoms with Gasteiger partial charge in [-0.15, -0.1) is 11.3 Å². The van der Waals surface area contributed by atoms with Crippen molar-refractivity contribution in [3.05, 3.63) is 38.8 Å². The summed E-state index contributed by atoms with van der Waals surface area (Å²) >= 11 is 4.66. The van der Waals surface area contributed by atoms with E-state index in [2.05, 4.69) is 25.6 Å². The molecule has 0 saturated heterocycles. The minimum absolute atomic E-state index is 0.169. The van der Waals surface area contributed by atoms with Gasteiger partial charge in [-0.3, -0.25) is 0 Å². The lowest BCUT2D eigenvalue weighted by Crippen LogP contribution is -2.23. The van der Waals surface area contributed by atoms with Crippen molar-refractivity contribution in [3.63, 3.8) is 0 Å². The molecule has 3 N–H and O–H groups in total. The molecule has 0 fully saturated rings. The first kappa shape index (κ1) is 14.4. The van der Waals surface area contributed by atoms with E-state index in [9.17, 15) is 8.42 Å². The molecule has 0 saturated carbocycles. The third-order valence-corrected chi connectivity index (χ3v) is 5.64. The standard InChI is InChI=1S/C11H12BrN3O2S2/c1-7-14-5-9(18-7)6-15-19(16,17)11-3-2-8(13)4-10(11)12/h2-5,15H,6,13H2,1H3. The minimum Gasteiger partial charge on any atom is -0.399 e. The molecule has 0 radical (unpaired) electrons. The van der Waals surface area contributed by atoms with Crippen molar-refractivity contribution in [2.45, 2.75) is 18.4 Å². The Balaban J connectivity index is 2.18. The molecule has 8 heteroatoms. The molecule has 1 aromatic heterocycles. The molecule has 1 heterocycles. The van der Waals surface area contributed by atoms with Crippen molar-refractivity contribution in [2.75, 3.05) is 5.73 Å². The molecule has 0 atom stereocenters. The maximum absolute atomic E-state index is 12.1. The number of benzene rings is 1. The summed E-state index contributed by atoms with van der Waals surface area (Å²) in [6, 6.07) is 4.58. The third-order valence-electron chi connectivity index (χ3n) is 2.35. The lowest BCUT2D eigenvalue weighted by molar-refractivity contribution is 0.581. The summed E-state index contributed by atoms with van der Waals surface area (Å²) in [6.07, 6.45) is 1.67. The van der Waals surface area contributed by atoms with Gasteiger partial charge in [0.2, 0.25) is 10.0 Å². The number of thiazole rings is 1. The number of nitrogen functional groups attached to an aromatic ring is 1. The molecule has 102 valence electrons. The molecule has 0 spiro atoms. The maximum Gasteiger partial charge on any atom is 0.242 e. The van der Waals surface area contributed by atoms with Crippen molar-refractivity contribution in [3.8, 4) is 0 Å². The Labute approximate surface area is 124 Å². The van der Waals surface area contributed by atoms with Crippen molar-refractivity contribution < 1.29 is 8.42 Å². The summed E-state index contributed by atoms with van der Waals surface area (Å²) in [5, 5.41) is 0.905. The van der Waals surface area contributed by atoms with Crippen LogP contribution in [0.2, 0.25) is 0 Å². The average molecular weight is 362 g/mol. The third kappa shape index (κ3) is 3.53. The van der Waals surface area contributed by atoms with Gasteiger partial charge in [0.25, 0.3) is 0 Å². The van der Waals surface area contributed by atoms with E-state index < -0.39 is 10.0 Å². The number of aromatic nitrogens is 1. The van der Waals surface area contributed by atoms with Gasteiger partial charge in [-0.2, -0.15) is 0 Å². The van der Waals surface area contributed by atoms with Crippen LogP contribution in [0.15, 0.2) is 33.8 Å². The summed E-state index contributed by atoms with van der Waals surface area (Å²) in [7, 11) is -3.57. The number of aryl methyl sites for hydroxylation is 1. The number of hydrogen-bond acceptors (Lipinski definition) is 5. The van der Waals surface area contributed by atoms with Gasteiger partial charge in [-0.05, 0) is 41.1 Å². The second-order valence-electron chi connectivity index (χ2n) is 3.86. The highest BCUT2D eigenvalue weighted by molar-refractivity contribution is 9.10. The lowest BCUT2D eigenvalue weighted by atomic mass is 10.3. The van der Waals surface area contributed by atoms with E-state index in [1.54, 1.807) is 18.3 Å². The highest BCUT2D eigenvalue weighted by Gasteiger charge is 2.17. The number of anilines is 1. The smallest absolute Gasteiger partial charge is 0.242 e. The first-order valence-corrected chi connectivity index (χ1v) is 8.44. The number of nitrogens with zero attached hydrogens (tertiary/aromatic N) is 1. The van der Waals surface area contributed by atoms with Crippen molar-refractivity contribution >= 4 is 43.0 Å². The van der Waals surface area contributed by atoms with Gasteiger partial charge < -0.3 is 5.73 Å². The molecule has 19 heavy (non-hydrogen) atoms. The Hall–Kier alpha value is -0.960. The molecule has 0 aliphatic rings. The summed E-state index contributed by atoms with van der Waals surface area (Å²) in [4.78, 5) is 5.11. The maximum atomic E-state index is 12.1. The molecular formula is C11H12BrN3O2S2. The van der Waals surface area contributed by atoms with Gasteiger partial charge >= 0.3 is 0 Å². The van der Waals surface area contributed by atoms with Gasteiger partial charge in [-0.25, -0.2) is 18.1 Å². The number of rotatable bonds is 4. The molecule has 5 nitrogen and oxygen atoms in total. The molecule has 1 aromatic carbocycles. The van der Waals surface area contributed by atoms with E-state index in [0.717, 1.165) is 9.88 Å². The van der Waals surface area contributed by atoms with Gasteiger partial charge in [0, 0.05) is 27.8 Å². The SMILES string of the molecule is Cc1ncc(CNS(=O)(=O)c2ccc(N)cc2Br)s1. The fourth-order valence-electron chi connectivity index (χ4n) is 1.47. The van der Waals surface area contributed by atoms with E-state index in [-0.39, 0.29) is 11.4 Å². The molecule has 0 unspecified atom stereocenters. The van der Waals surface area contributed by atoms with Crippen LogP contribution in [-0.4, -0.2) is 13.4 Å². The molecular weight excluding hydrogens is 350 g/mol. The molecule has 0 amide bonds. The van der Waals surface area contributed by atoms with E-state index in [1.165, 1.54) is 17.4 Å². The Bertz CT molecular complexity index is 698. The number of halogens is 1. The quantitative estimate of drug-likeness (QED) is 0.818. The van der Waals surface area contributed by atoms with Crippen LogP contribution >= 0.6 is 27.3 Å². The van der Waals surface area contributed by atoms with E-state index in [0.29, 0.717) is 10.2 Å². The fourth-order valence-corrected chi connectivity index (χ4v) is 4.39. The van der Waals surface area contributed by atoms with Crippen molar-refractivity contribution in [1.29, 1.82) is 0 Å². The Morgan fingerprint density at radius 2 is 2.21 bits per heavy atom.